The van der Waals surface area contributed by atoms with Gasteiger partial charge in [0.1, 0.15) is 0 Å². The van der Waals surface area contributed by atoms with Crippen LogP contribution in [0.15, 0.2) is 0 Å². The summed E-state index contributed by atoms with van der Waals surface area (Å²) >= 11 is 1.87. The summed E-state index contributed by atoms with van der Waals surface area (Å²) < 4.78 is 0. The van der Waals surface area contributed by atoms with Gasteiger partial charge in [-0.1, -0.05) is 13.8 Å². The SMILES string of the molecule is CC(C)C1(C(=O)O)CCN(C(=O)N(C)C2CCSC2)C1. The number of thioether (sulfide) groups is 1. The molecule has 2 saturated heterocycles. The standard InChI is InChI=1S/C14H24N2O3S/c1-10(2)14(12(17)18)5-6-16(9-14)13(19)15(3)11-4-7-20-8-11/h10-11H,4-9H2,1-3H3,(H,17,18). The Morgan fingerprint density at radius 1 is 1.45 bits per heavy atom. The van der Waals surface area contributed by atoms with Gasteiger partial charge in [0, 0.05) is 31.9 Å². The van der Waals surface area contributed by atoms with E-state index in [0.717, 1.165) is 17.9 Å². The number of amides is 2. The number of aliphatic carboxylic acids is 1. The fraction of sp³-hybridized carbons (Fsp3) is 0.857. The minimum absolute atomic E-state index is 0.0127. The van der Waals surface area contributed by atoms with Crippen LogP contribution < -0.4 is 0 Å². The Morgan fingerprint density at radius 3 is 2.60 bits per heavy atom. The number of nitrogens with zero attached hydrogens (tertiary/aromatic N) is 2. The maximum Gasteiger partial charge on any atom is 0.320 e. The van der Waals surface area contributed by atoms with E-state index in [4.69, 9.17) is 0 Å². The normalized spacial score (nSPS) is 30.0. The Bertz CT molecular complexity index is 396. The van der Waals surface area contributed by atoms with Gasteiger partial charge in [0.25, 0.3) is 0 Å². The van der Waals surface area contributed by atoms with Crippen LogP contribution >= 0.6 is 11.8 Å². The molecule has 2 aliphatic heterocycles. The van der Waals surface area contributed by atoms with Gasteiger partial charge in [0.15, 0.2) is 0 Å². The molecule has 2 unspecified atom stereocenters. The fourth-order valence-electron chi connectivity index (χ4n) is 3.10. The van der Waals surface area contributed by atoms with Gasteiger partial charge in [-0.2, -0.15) is 11.8 Å². The van der Waals surface area contributed by atoms with Crippen molar-refractivity contribution in [2.24, 2.45) is 11.3 Å². The zero-order valence-electron chi connectivity index (χ0n) is 12.5. The van der Waals surface area contributed by atoms with Crippen molar-refractivity contribution in [1.29, 1.82) is 0 Å². The first-order valence-electron chi connectivity index (χ1n) is 7.21. The molecule has 2 aliphatic rings. The Balaban J connectivity index is 2.04. The van der Waals surface area contributed by atoms with E-state index in [1.807, 2.05) is 32.7 Å². The number of carbonyl (C=O) groups is 2. The molecule has 0 aromatic rings. The number of hydrogen-bond acceptors (Lipinski definition) is 3. The lowest BCUT2D eigenvalue weighted by Crippen LogP contribution is -2.47. The van der Waals surface area contributed by atoms with Crippen molar-refractivity contribution in [2.45, 2.75) is 32.7 Å². The van der Waals surface area contributed by atoms with Gasteiger partial charge in [0.05, 0.1) is 5.41 Å². The molecular formula is C14H24N2O3S. The van der Waals surface area contributed by atoms with Crippen molar-refractivity contribution in [1.82, 2.24) is 9.80 Å². The maximum absolute atomic E-state index is 12.5. The molecule has 6 heteroatoms. The number of carboxylic acid groups (broad SMARTS) is 1. The smallest absolute Gasteiger partial charge is 0.320 e. The summed E-state index contributed by atoms with van der Waals surface area (Å²) in [6, 6.07) is 0.285. The largest absolute Gasteiger partial charge is 0.481 e. The van der Waals surface area contributed by atoms with Gasteiger partial charge in [0.2, 0.25) is 0 Å². The van der Waals surface area contributed by atoms with Crippen LogP contribution in [0.5, 0.6) is 0 Å². The van der Waals surface area contributed by atoms with E-state index in [9.17, 15) is 14.7 Å². The molecular weight excluding hydrogens is 276 g/mol. The summed E-state index contributed by atoms with van der Waals surface area (Å²) in [5.74, 6) is 1.35. The molecule has 2 heterocycles. The van der Waals surface area contributed by atoms with Crippen molar-refractivity contribution in [2.75, 3.05) is 31.6 Å². The molecule has 2 amide bonds. The topological polar surface area (TPSA) is 60.9 Å². The Morgan fingerprint density at radius 2 is 2.15 bits per heavy atom. The molecule has 0 bridgehead atoms. The van der Waals surface area contributed by atoms with E-state index in [1.54, 1.807) is 9.80 Å². The molecule has 2 fully saturated rings. The van der Waals surface area contributed by atoms with E-state index in [2.05, 4.69) is 0 Å². The van der Waals surface area contributed by atoms with Crippen LogP contribution in [0.2, 0.25) is 0 Å². The second kappa shape index (κ2) is 5.84. The molecule has 0 saturated carbocycles. The summed E-state index contributed by atoms with van der Waals surface area (Å²) in [5, 5.41) is 9.53. The molecule has 0 radical (unpaired) electrons. The average molecular weight is 300 g/mol. The minimum Gasteiger partial charge on any atom is -0.481 e. The highest BCUT2D eigenvalue weighted by Gasteiger charge is 2.49. The molecule has 2 atom stereocenters. The van der Waals surface area contributed by atoms with Crippen LogP contribution in [0.3, 0.4) is 0 Å². The van der Waals surface area contributed by atoms with Crippen molar-refractivity contribution in [3.05, 3.63) is 0 Å². The van der Waals surface area contributed by atoms with Gasteiger partial charge in [-0.25, -0.2) is 4.79 Å². The molecule has 0 aromatic carbocycles. The van der Waals surface area contributed by atoms with E-state index >= 15 is 0 Å². The molecule has 0 aliphatic carbocycles. The number of hydrogen-bond donors (Lipinski definition) is 1. The second-order valence-electron chi connectivity index (χ2n) is 6.20. The number of carboxylic acids is 1. The molecule has 0 aromatic heterocycles. The molecule has 1 N–H and O–H groups in total. The van der Waals surface area contributed by atoms with E-state index < -0.39 is 11.4 Å². The van der Waals surface area contributed by atoms with Gasteiger partial charge in [-0.15, -0.1) is 0 Å². The zero-order valence-corrected chi connectivity index (χ0v) is 13.3. The van der Waals surface area contributed by atoms with E-state index in [-0.39, 0.29) is 11.9 Å². The third-order valence-electron chi connectivity index (χ3n) is 4.86. The van der Waals surface area contributed by atoms with Crippen LogP contribution in [0.4, 0.5) is 4.79 Å². The van der Waals surface area contributed by atoms with Crippen molar-refractivity contribution in [3.8, 4) is 0 Å². The second-order valence-corrected chi connectivity index (χ2v) is 7.35. The summed E-state index contributed by atoms with van der Waals surface area (Å²) in [7, 11) is 1.84. The minimum atomic E-state index is -0.777. The predicted octanol–water partition coefficient (Wildman–Crippen LogP) is 1.98. The summed E-state index contributed by atoms with van der Waals surface area (Å²) in [4.78, 5) is 27.6. The first kappa shape index (κ1) is 15.5. The monoisotopic (exact) mass is 300 g/mol. The summed E-state index contributed by atoms with van der Waals surface area (Å²) in [6.45, 7) is 4.75. The number of urea groups is 1. The number of likely N-dealkylation sites (tertiary alicyclic amines) is 1. The first-order valence-corrected chi connectivity index (χ1v) is 8.37. The summed E-state index contributed by atoms with van der Waals surface area (Å²) in [5.41, 5.74) is -0.777. The first-order chi connectivity index (χ1) is 9.38. The number of rotatable bonds is 3. The molecule has 5 nitrogen and oxygen atoms in total. The Labute approximate surface area is 124 Å². The third-order valence-corrected chi connectivity index (χ3v) is 6.00. The van der Waals surface area contributed by atoms with Gasteiger partial charge >= 0.3 is 12.0 Å². The lowest BCUT2D eigenvalue weighted by atomic mass is 9.76. The fourth-order valence-corrected chi connectivity index (χ4v) is 4.36. The average Bonchev–Trinajstić information content (AvgIpc) is 3.06. The highest BCUT2D eigenvalue weighted by Crippen LogP contribution is 2.38. The Kier molecular flexibility index (Phi) is 4.52. The molecule has 114 valence electrons. The molecule has 0 spiro atoms. The van der Waals surface area contributed by atoms with Crippen LogP contribution in [0, 0.1) is 11.3 Å². The summed E-state index contributed by atoms with van der Waals surface area (Å²) in [6.07, 6.45) is 1.59. The van der Waals surface area contributed by atoms with E-state index in [1.165, 1.54) is 0 Å². The van der Waals surface area contributed by atoms with Crippen molar-refractivity contribution >= 4 is 23.8 Å². The van der Waals surface area contributed by atoms with Crippen molar-refractivity contribution < 1.29 is 14.7 Å². The van der Waals surface area contributed by atoms with Gasteiger partial charge in [-0.3, -0.25) is 4.79 Å². The van der Waals surface area contributed by atoms with Crippen LogP contribution in [0.25, 0.3) is 0 Å². The van der Waals surface area contributed by atoms with Crippen LogP contribution in [0.1, 0.15) is 26.7 Å². The highest BCUT2D eigenvalue weighted by molar-refractivity contribution is 7.99. The number of carbonyl (C=O) groups excluding carboxylic acids is 1. The molecule has 2 rings (SSSR count). The quantitative estimate of drug-likeness (QED) is 0.866. The van der Waals surface area contributed by atoms with Gasteiger partial charge < -0.3 is 14.9 Å². The van der Waals surface area contributed by atoms with Crippen LogP contribution in [-0.2, 0) is 4.79 Å². The lowest BCUT2D eigenvalue weighted by Gasteiger charge is -2.32. The third kappa shape index (κ3) is 2.62. The lowest BCUT2D eigenvalue weighted by molar-refractivity contribution is -0.150. The maximum atomic E-state index is 12.5. The Hall–Kier alpha value is -0.910. The zero-order chi connectivity index (χ0) is 14.9. The highest BCUT2D eigenvalue weighted by atomic mass is 32.2. The predicted molar refractivity (Wildman–Crippen MR) is 80.0 cm³/mol. The molecule has 20 heavy (non-hydrogen) atoms. The van der Waals surface area contributed by atoms with Gasteiger partial charge in [-0.05, 0) is 24.5 Å². The van der Waals surface area contributed by atoms with Crippen LogP contribution in [-0.4, -0.2) is 64.6 Å². The van der Waals surface area contributed by atoms with E-state index in [0.29, 0.717) is 25.6 Å². The van der Waals surface area contributed by atoms with Crippen molar-refractivity contribution in [3.63, 3.8) is 0 Å².